The minimum atomic E-state index is -3.53. The van der Waals surface area contributed by atoms with Crippen LogP contribution in [0.25, 0.3) is 0 Å². The molecular weight excluding hydrogens is 248 g/mol. The molecule has 1 saturated heterocycles. The number of nitrogens with zero attached hydrogens (tertiary/aromatic N) is 1. The predicted molar refractivity (Wildman–Crippen MR) is 59.8 cm³/mol. The third kappa shape index (κ3) is 2.81. The van der Waals surface area contributed by atoms with Crippen LogP contribution < -0.4 is 0 Å². The lowest BCUT2D eigenvalue weighted by molar-refractivity contribution is 0.475. The molecule has 1 aliphatic rings. The molecule has 3 nitrogen and oxygen atoms in total. The van der Waals surface area contributed by atoms with Gasteiger partial charge in [-0.1, -0.05) is 0 Å². The summed E-state index contributed by atoms with van der Waals surface area (Å²) in [5.74, 6) is -1.79. The smallest absolute Gasteiger partial charge is 0.212 e. The topological polar surface area (TPSA) is 37.4 Å². The average Bonchev–Trinajstić information content (AvgIpc) is 2.77. The van der Waals surface area contributed by atoms with E-state index in [9.17, 15) is 17.2 Å². The lowest BCUT2D eigenvalue weighted by Gasteiger charge is -2.15. The molecule has 1 heterocycles. The van der Waals surface area contributed by atoms with Crippen LogP contribution in [-0.2, 0) is 15.8 Å². The molecule has 0 spiro atoms. The van der Waals surface area contributed by atoms with Crippen molar-refractivity contribution in [2.24, 2.45) is 0 Å². The first-order chi connectivity index (χ1) is 7.99. The van der Waals surface area contributed by atoms with Gasteiger partial charge in [0.15, 0.2) is 0 Å². The van der Waals surface area contributed by atoms with Crippen LogP contribution in [0.5, 0.6) is 0 Å². The minimum absolute atomic E-state index is 0.114. The molecule has 17 heavy (non-hydrogen) atoms. The molecule has 0 aromatic heterocycles. The molecule has 0 N–H and O–H groups in total. The number of rotatable bonds is 3. The summed E-state index contributed by atoms with van der Waals surface area (Å²) >= 11 is 0. The summed E-state index contributed by atoms with van der Waals surface area (Å²) in [6.07, 6.45) is 1.65. The molecule has 6 heteroatoms. The Morgan fingerprint density at radius 1 is 1.18 bits per heavy atom. The van der Waals surface area contributed by atoms with Gasteiger partial charge >= 0.3 is 0 Å². The average molecular weight is 261 g/mol. The van der Waals surface area contributed by atoms with Crippen LogP contribution in [0.2, 0.25) is 0 Å². The number of sulfonamides is 1. The molecule has 1 aromatic rings. The molecule has 94 valence electrons. The van der Waals surface area contributed by atoms with Crippen molar-refractivity contribution in [1.29, 1.82) is 0 Å². The molecule has 1 fully saturated rings. The van der Waals surface area contributed by atoms with Gasteiger partial charge in [0, 0.05) is 18.7 Å². The van der Waals surface area contributed by atoms with Crippen molar-refractivity contribution in [3.8, 4) is 0 Å². The van der Waals surface area contributed by atoms with E-state index in [1.54, 1.807) is 0 Å². The van der Waals surface area contributed by atoms with Crippen LogP contribution in [0, 0.1) is 11.6 Å². The molecule has 0 amide bonds. The minimum Gasteiger partial charge on any atom is -0.212 e. The SMILES string of the molecule is O=S(=O)(Cc1cc(F)ccc1F)N1CCCC1. The standard InChI is InChI=1S/C11H13F2NO2S/c12-10-3-4-11(13)9(7-10)8-17(15,16)14-5-1-2-6-14/h3-4,7H,1-2,5-6,8H2. The third-order valence-corrected chi connectivity index (χ3v) is 4.63. The fraction of sp³-hybridized carbons (Fsp3) is 0.455. The lowest BCUT2D eigenvalue weighted by atomic mass is 10.2. The van der Waals surface area contributed by atoms with Crippen molar-refractivity contribution < 1.29 is 17.2 Å². The number of benzene rings is 1. The normalized spacial score (nSPS) is 17.5. The van der Waals surface area contributed by atoms with Gasteiger partial charge in [-0.05, 0) is 31.0 Å². The van der Waals surface area contributed by atoms with Gasteiger partial charge in [-0.25, -0.2) is 21.5 Å². The molecule has 1 aromatic carbocycles. The van der Waals surface area contributed by atoms with Gasteiger partial charge < -0.3 is 0 Å². The summed E-state index contributed by atoms with van der Waals surface area (Å²) in [4.78, 5) is 0. The van der Waals surface area contributed by atoms with Gasteiger partial charge in [0.1, 0.15) is 11.6 Å². The second-order valence-corrected chi connectivity index (χ2v) is 6.07. The zero-order valence-corrected chi connectivity index (χ0v) is 10.0. The maximum absolute atomic E-state index is 13.3. The molecule has 0 atom stereocenters. The Morgan fingerprint density at radius 2 is 1.82 bits per heavy atom. The molecule has 1 aliphatic heterocycles. The Balaban J connectivity index is 2.22. The highest BCUT2D eigenvalue weighted by atomic mass is 32.2. The van der Waals surface area contributed by atoms with E-state index in [1.807, 2.05) is 0 Å². The fourth-order valence-electron chi connectivity index (χ4n) is 1.91. The maximum Gasteiger partial charge on any atom is 0.218 e. The van der Waals surface area contributed by atoms with E-state index in [2.05, 4.69) is 0 Å². The highest BCUT2D eigenvalue weighted by Crippen LogP contribution is 2.19. The lowest BCUT2D eigenvalue weighted by Crippen LogP contribution is -2.29. The Labute approximate surface area is 99.1 Å². The number of hydrogen-bond acceptors (Lipinski definition) is 2. The molecule has 0 radical (unpaired) electrons. The van der Waals surface area contributed by atoms with Crippen LogP contribution in [0.15, 0.2) is 18.2 Å². The van der Waals surface area contributed by atoms with Crippen molar-refractivity contribution in [2.45, 2.75) is 18.6 Å². The van der Waals surface area contributed by atoms with Crippen molar-refractivity contribution in [3.05, 3.63) is 35.4 Å². The van der Waals surface area contributed by atoms with Gasteiger partial charge in [0.05, 0.1) is 5.75 Å². The summed E-state index contributed by atoms with van der Waals surface area (Å²) in [6, 6.07) is 2.86. The van der Waals surface area contributed by atoms with E-state index >= 15 is 0 Å². The van der Waals surface area contributed by atoms with Crippen molar-refractivity contribution >= 4 is 10.0 Å². The van der Waals surface area contributed by atoms with Crippen LogP contribution >= 0.6 is 0 Å². The molecule has 0 aliphatic carbocycles. The second kappa shape index (κ2) is 4.70. The monoisotopic (exact) mass is 261 g/mol. The Morgan fingerprint density at radius 3 is 2.47 bits per heavy atom. The predicted octanol–water partition coefficient (Wildman–Crippen LogP) is 1.89. The first-order valence-electron chi connectivity index (χ1n) is 5.41. The summed E-state index contributed by atoms with van der Waals surface area (Å²) < 4.78 is 51.4. The van der Waals surface area contributed by atoms with Crippen molar-refractivity contribution in [3.63, 3.8) is 0 Å². The van der Waals surface area contributed by atoms with E-state index < -0.39 is 27.4 Å². The van der Waals surface area contributed by atoms with Crippen LogP contribution in [0.4, 0.5) is 8.78 Å². The summed E-state index contributed by atoms with van der Waals surface area (Å²) in [5, 5.41) is 0. The van der Waals surface area contributed by atoms with E-state index in [-0.39, 0.29) is 5.56 Å². The van der Waals surface area contributed by atoms with Gasteiger partial charge in [-0.15, -0.1) is 0 Å². The van der Waals surface area contributed by atoms with Crippen molar-refractivity contribution in [1.82, 2.24) is 4.31 Å². The van der Waals surface area contributed by atoms with Crippen LogP contribution in [-0.4, -0.2) is 25.8 Å². The van der Waals surface area contributed by atoms with Gasteiger partial charge in [0.2, 0.25) is 10.0 Å². The Hall–Kier alpha value is -1.01. The van der Waals surface area contributed by atoms with E-state index in [4.69, 9.17) is 0 Å². The molecule has 2 rings (SSSR count). The third-order valence-electron chi connectivity index (χ3n) is 2.80. The molecule has 0 bridgehead atoms. The Kier molecular flexibility index (Phi) is 3.44. The van der Waals surface area contributed by atoms with Crippen molar-refractivity contribution in [2.75, 3.05) is 13.1 Å². The zero-order chi connectivity index (χ0) is 12.5. The first-order valence-corrected chi connectivity index (χ1v) is 7.02. The fourth-order valence-corrected chi connectivity index (χ4v) is 3.52. The number of halogens is 2. The molecule has 0 saturated carbocycles. The maximum atomic E-state index is 13.3. The van der Waals surface area contributed by atoms with Gasteiger partial charge in [-0.3, -0.25) is 0 Å². The Bertz CT molecular complexity index is 510. The highest BCUT2D eigenvalue weighted by molar-refractivity contribution is 7.88. The quantitative estimate of drug-likeness (QED) is 0.833. The van der Waals surface area contributed by atoms with Crippen LogP contribution in [0.3, 0.4) is 0 Å². The summed E-state index contributed by atoms with van der Waals surface area (Å²) in [6.45, 7) is 0.943. The van der Waals surface area contributed by atoms with E-state index in [0.717, 1.165) is 31.0 Å². The van der Waals surface area contributed by atoms with E-state index in [1.165, 1.54) is 4.31 Å². The summed E-state index contributed by atoms with van der Waals surface area (Å²) in [7, 11) is -3.53. The van der Waals surface area contributed by atoms with Crippen LogP contribution in [0.1, 0.15) is 18.4 Å². The van der Waals surface area contributed by atoms with Gasteiger partial charge in [0.25, 0.3) is 0 Å². The van der Waals surface area contributed by atoms with E-state index in [0.29, 0.717) is 13.1 Å². The van der Waals surface area contributed by atoms with Gasteiger partial charge in [-0.2, -0.15) is 0 Å². The summed E-state index contributed by atoms with van der Waals surface area (Å²) in [5.41, 5.74) is -0.114. The molecular formula is C11H13F2NO2S. The first kappa shape index (κ1) is 12.4. The number of hydrogen-bond donors (Lipinski definition) is 0. The highest BCUT2D eigenvalue weighted by Gasteiger charge is 2.26. The zero-order valence-electron chi connectivity index (χ0n) is 9.20. The molecule has 0 unspecified atom stereocenters. The largest absolute Gasteiger partial charge is 0.218 e. The second-order valence-electron chi connectivity index (χ2n) is 4.10.